The van der Waals surface area contributed by atoms with Gasteiger partial charge >= 0.3 is 6.03 Å². The maximum Gasteiger partial charge on any atom is 0.317 e. The van der Waals surface area contributed by atoms with Crippen LogP contribution in [0.25, 0.3) is 0 Å². The fourth-order valence-electron chi connectivity index (χ4n) is 2.01. The van der Waals surface area contributed by atoms with Crippen molar-refractivity contribution in [1.29, 1.82) is 0 Å². The lowest BCUT2D eigenvalue weighted by Gasteiger charge is -2.27. The molecule has 0 aromatic heterocycles. The van der Waals surface area contributed by atoms with Crippen molar-refractivity contribution in [2.75, 3.05) is 27.3 Å². The Balaban J connectivity index is 2.66. The summed E-state index contributed by atoms with van der Waals surface area (Å²) in [4.78, 5) is 13.6. The Kier molecular flexibility index (Phi) is 7.02. The first-order chi connectivity index (χ1) is 9.99. The van der Waals surface area contributed by atoms with E-state index in [2.05, 4.69) is 19.2 Å². The van der Waals surface area contributed by atoms with Crippen molar-refractivity contribution in [3.8, 4) is 5.75 Å². The molecule has 1 aromatic rings. The number of benzene rings is 1. The molecule has 5 nitrogen and oxygen atoms in total. The van der Waals surface area contributed by atoms with Crippen LogP contribution >= 0.6 is 0 Å². The first kappa shape index (κ1) is 17.3. The molecule has 21 heavy (non-hydrogen) atoms. The van der Waals surface area contributed by atoms with Crippen LogP contribution in [-0.2, 0) is 0 Å². The average Bonchev–Trinajstić information content (AvgIpc) is 2.48. The number of nitrogens with one attached hydrogen (secondary N) is 1. The molecule has 0 spiro atoms. The van der Waals surface area contributed by atoms with Gasteiger partial charge in [-0.15, -0.1) is 0 Å². The number of hydrogen-bond donors (Lipinski definition) is 2. The van der Waals surface area contributed by atoms with E-state index < -0.39 is 0 Å². The van der Waals surface area contributed by atoms with Crippen LogP contribution in [0.4, 0.5) is 4.79 Å². The van der Waals surface area contributed by atoms with Crippen LogP contribution in [0, 0.1) is 5.92 Å². The number of carbonyl (C=O) groups excluding carboxylic acids is 1. The number of aliphatic hydroxyl groups excluding tert-OH is 1. The molecule has 2 amide bonds. The van der Waals surface area contributed by atoms with Gasteiger partial charge in [0.05, 0.1) is 19.8 Å². The van der Waals surface area contributed by atoms with Gasteiger partial charge in [0, 0.05) is 13.6 Å². The minimum atomic E-state index is -0.366. The van der Waals surface area contributed by atoms with Crippen molar-refractivity contribution in [2.45, 2.75) is 26.3 Å². The molecule has 118 valence electrons. The Labute approximate surface area is 126 Å². The number of likely N-dealkylation sites (N-methyl/N-ethyl adjacent to an activating group) is 1. The van der Waals surface area contributed by atoms with Gasteiger partial charge < -0.3 is 20.1 Å². The van der Waals surface area contributed by atoms with Gasteiger partial charge in [0.15, 0.2) is 0 Å². The zero-order valence-corrected chi connectivity index (χ0v) is 13.3. The van der Waals surface area contributed by atoms with E-state index in [1.54, 1.807) is 14.2 Å². The lowest BCUT2D eigenvalue weighted by Crippen LogP contribution is -2.41. The highest BCUT2D eigenvalue weighted by Crippen LogP contribution is 2.21. The molecule has 0 radical (unpaired) electrons. The van der Waals surface area contributed by atoms with Crippen LogP contribution in [0.1, 0.15) is 31.9 Å². The van der Waals surface area contributed by atoms with E-state index in [0.717, 1.165) is 17.7 Å². The van der Waals surface area contributed by atoms with Gasteiger partial charge in [-0.2, -0.15) is 0 Å². The summed E-state index contributed by atoms with van der Waals surface area (Å²) in [5.74, 6) is 1.30. The summed E-state index contributed by atoms with van der Waals surface area (Å²) in [6, 6.07) is 6.82. The number of aliphatic hydroxyl groups is 1. The Hall–Kier alpha value is -1.75. The Morgan fingerprint density at radius 2 is 1.95 bits per heavy atom. The highest BCUT2D eigenvalue weighted by Gasteiger charge is 2.20. The molecule has 0 aliphatic carbocycles. The van der Waals surface area contributed by atoms with E-state index in [9.17, 15) is 9.90 Å². The second-order valence-electron chi connectivity index (χ2n) is 5.50. The van der Waals surface area contributed by atoms with Crippen LogP contribution in [-0.4, -0.2) is 43.3 Å². The minimum absolute atomic E-state index is 0.125. The molecule has 1 aromatic carbocycles. The lowest BCUT2D eigenvalue weighted by molar-refractivity contribution is 0.149. The highest BCUT2D eigenvalue weighted by molar-refractivity contribution is 5.74. The second kappa shape index (κ2) is 8.52. The van der Waals surface area contributed by atoms with E-state index in [4.69, 9.17) is 4.74 Å². The Bertz CT molecular complexity index is 432. The number of methoxy groups -OCH3 is 1. The second-order valence-corrected chi connectivity index (χ2v) is 5.50. The number of urea groups is 1. The van der Waals surface area contributed by atoms with E-state index in [1.807, 2.05) is 24.3 Å². The maximum atomic E-state index is 12.1. The van der Waals surface area contributed by atoms with Crippen LogP contribution in [0.15, 0.2) is 24.3 Å². The fraction of sp³-hybridized carbons (Fsp3) is 0.562. The topological polar surface area (TPSA) is 61.8 Å². The lowest BCUT2D eigenvalue weighted by atomic mass is 10.1. The third kappa shape index (κ3) is 5.27. The SMILES string of the molecule is COc1ccc(C(CO)N(C)C(=O)NCCC(C)C)cc1. The molecule has 5 heteroatoms. The normalized spacial score (nSPS) is 12.1. The van der Waals surface area contributed by atoms with Crippen LogP contribution in [0.2, 0.25) is 0 Å². The van der Waals surface area contributed by atoms with Crippen LogP contribution < -0.4 is 10.1 Å². The zero-order chi connectivity index (χ0) is 15.8. The molecule has 0 heterocycles. The first-order valence-corrected chi connectivity index (χ1v) is 7.25. The molecule has 1 unspecified atom stereocenters. The molecule has 0 aliphatic heterocycles. The molecule has 0 fully saturated rings. The number of rotatable bonds is 7. The van der Waals surface area contributed by atoms with Gasteiger partial charge in [0.2, 0.25) is 0 Å². The third-order valence-corrected chi connectivity index (χ3v) is 3.46. The molecule has 0 aliphatic rings. The van der Waals surface area contributed by atoms with Gasteiger partial charge in [-0.1, -0.05) is 26.0 Å². The molecular weight excluding hydrogens is 268 g/mol. The van der Waals surface area contributed by atoms with Gasteiger partial charge in [0.1, 0.15) is 5.75 Å². The summed E-state index contributed by atoms with van der Waals surface area (Å²) in [5, 5.41) is 12.5. The zero-order valence-electron chi connectivity index (χ0n) is 13.3. The monoisotopic (exact) mass is 294 g/mol. The summed E-state index contributed by atoms with van der Waals surface area (Å²) < 4.78 is 5.11. The van der Waals surface area contributed by atoms with Gasteiger partial charge in [0.25, 0.3) is 0 Å². The molecule has 0 saturated heterocycles. The number of carbonyl (C=O) groups is 1. The van der Waals surface area contributed by atoms with Crippen molar-refractivity contribution >= 4 is 6.03 Å². The average molecular weight is 294 g/mol. The highest BCUT2D eigenvalue weighted by atomic mass is 16.5. The van der Waals surface area contributed by atoms with Crippen molar-refractivity contribution < 1.29 is 14.6 Å². The molecule has 0 saturated carbocycles. The van der Waals surface area contributed by atoms with Crippen molar-refractivity contribution in [1.82, 2.24) is 10.2 Å². The van der Waals surface area contributed by atoms with Gasteiger partial charge in [-0.3, -0.25) is 0 Å². The maximum absolute atomic E-state index is 12.1. The standard InChI is InChI=1S/C16H26N2O3/c1-12(2)9-10-17-16(20)18(3)15(11-19)13-5-7-14(21-4)8-6-13/h5-8,12,15,19H,9-11H2,1-4H3,(H,17,20). The molecule has 1 rings (SSSR count). The minimum Gasteiger partial charge on any atom is -0.497 e. The Morgan fingerprint density at radius 1 is 1.33 bits per heavy atom. The van der Waals surface area contributed by atoms with Crippen molar-refractivity contribution in [3.05, 3.63) is 29.8 Å². The number of ether oxygens (including phenoxy) is 1. The van der Waals surface area contributed by atoms with E-state index in [0.29, 0.717) is 12.5 Å². The van der Waals surface area contributed by atoms with E-state index in [1.165, 1.54) is 4.90 Å². The quantitative estimate of drug-likeness (QED) is 0.812. The predicted octanol–water partition coefficient (Wildman–Crippen LogP) is 2.42. The summed E-state index contributed by atoms with van der Waals surface area (Å²) in [5.41, 5.74) is 0.875. The summed E-state index contributed by atoms with van der Waals surface area (Å²) in [7, 11) is 3.29. The van der Waals surface area contributed by atoms with Gasteiger partial charge in [-0.05, 0) is 30.0 Å². The summed E-state index contributed by atoms with van der Waals surface area (Å²) >= 11 is 0. The fourth-order valence-corrected chi connectivity index (χ4v) is 2.01. The molecule has 1 atom stereocenters. The van der Waals surface area contributed by atoms with Crippen molar-refractivity contribution in [3.63, 3.8) is 0 Å². The van der Waals surface area contributed by atoms with Crippen LogP contribution in [0.3, 0.4) is 0 Å². The third-order valence-electron chi connectivity index (χ3n) is 3.46. The smallest absolute Gasteiger partial charge is 0.317 e. The van der Waals surface area contributed by atoms with E-state index >= 15 is 0 Å². The molecular formula is C16H26N2O3. The van der Waals surface area contributed by atoms with Crippen molar-refractivity contribution in [2.24, 2.45) is 5.92 Å². The van der Waals surface area contributed by atoms with Gasteiger partial charge in [-0.25, -0.2) is 4.79 Å². The summed E-state index contributed by atoms with van der Waals surface area (Å²) in [6.07, 6.45) is 0.936. The summed E-state index contributed by atoms with van der Waals surface area (Å²) in [6.45, 7) is 4.75. The Morgan fingerprint density at radius 3 is 2.43 bits per heavy atom. The molecule has 0 bridgehead atoms. The number of nitrogens with zero attached hydrogens (tertiary/aromatic N) is 1. The number of amides is 2. The first-order valence-electron chi connectivity index (χ1n) is 7.25. The van der Waals surface area contributed by atoms with E-state index in [-0.39, 0.29) is 18.7 Å². The number of hydrogen-bond acceptors (Lipinski definition) is 3. The predicted molar refractivity (Wildman–Crippen MR) is 83.4 cm³/mol. The largest absolute Gasteiger partial charge is 0.497 e. The van der Waals surface area contributed by atoms with Crippen LogP contribution in [0.5, 0.6) is 5.75 Å². The molecule has 2 N–H and O–H groups in total.